The molecule has 3 aromatic carbocycles. The normalized spacial score (nSPS) is 10.9. The molecule has 0 amide bonds. The average molecular weight is 335 g/mol. The second kappa shape index (κ2) is 7.53. The van der Waals surface area contributed by atoms with E-state index in [1.165, 1.54) is 0 Å². The molecule has 0 fully saturated rings. The molecule has 3 heteroatoms. The monoisotopic (exact) mass is 335 g/mol. The third kappa shape index (κ3) is 3.73. The van der Waals surface area contributed by atoms with Crippen LogP contribution in [0.5, 0.6) is 0 Å². The lowest BCUT2D eigenvalue weighted by atomic mass is 10.0. The van der Waals surface area contributed by atoms with E-state index in [0.717, 1.165) is 33.8 Å². The van der Waals surface area contributed by atoms with Crippen LogP contribution in [-0.4, -0.2) is 4.98 Å². The molecule has 4 aromatic rings. The molecule has 0 atom stereocenters. The van der Waals surface area contributed by atoms with Crippen LogP contribution in [0.2, 0.25) is 0 Å². The highest BCUT2D eigenvalue weighted by molar-refractivity contribution is 5.69. The van der Waals surface area contributed by atoms with Crippen LogP contribution >= 0.6 is 0 Å². The van der Waals surface area contributed by atoms with Crippen LogP contribution in [-0.2, 0) is 0 Å². The number of benzene rings is 3. The van der Waals surface area contributed by atoms with E-state index in [9.17, 15) is 0 Å². The Morgan fingerprint density at radius 3 is 1.62 bits per heavy atom. The summed E-state index contributed by atoms with van der Waals surface area (Å²) < 4.78 is 0. The van der Waals surface area contributed by atoms with Crippen LogP contribution in [0.25, 0.3) is 22.4 Å². The third-order valence-corrected chi connectivity index (χ3v) is 4.08. The lowest BCUT2D eigenvalue weighted by Gasteiger charge is -2.04. The van der Waals surface area contributed by atoms with Crippen molar-refractivity contribution in [3.63, 3.8) is 0 Å². The SMILES string of the molecule is c1ccc(N=Nc2ccc(-c3ccc(-c4ccccn4)cc3)cc2)cc1. The molecule has 0 radical (unpaired) electrons. The fourth-order valence-electron chi connectivity index (χ4n) is 2.70. The Kier molecular flexibility index (Phi) is 4.61. The van der Waals surface area contributed by atoms with Crippen LogP contribution in [0.4, 0.5) is 11.4 Å². The van der Waals surface area contributed by atoms with E-state index in [1.807, 2.05) is 66.9 Å². The molecule has 0 aliphatic heterocycles. The maximum atomic E-state index is 4.39. The van der Waals surface area contributed by atoms with Crippen molar-refractivity contribution in [3.05, 3.63) is 103 Å². The van der Waals surface area contributed by atoms with E-state index in [4.69, 9.17) is 0 Å². The first-order chi connectivity index (χ1) is 12.9. The van der Waals surface area contributed by atoms with E-state index >= 15 is 0 Å². The molecule has 0 aliphatic rings. The summed E-state index contributed by atoms with van der Waals surface area (Å²) in [5.74, 6) is 0. The molecule has 1 aromatic heterocycles. The van der Waals surface area contributed by atoms with Crippen molar-refractivity contribution in [1.82, 2.24) is 4.98 Å². The topological polar surface area (TPSA) is 37.6 Å². The van der Waals surface area contributed by atoms with Gasteiger partial charge in [-0.05, 0) is 47.5 Å². The highest BCUT2D eigenvalue weighted by Crippen LogP contribution is 2.26. The molecular weight excluding hydrogens is 318 g/mol. The summed E-state index contributed by atoms with van der Waals surface area (Å²) >= 11 is 0. The second-order valence-corrected chi connectivity index (χ2v) is 5.87. The Bertz CT molecular complexity index is 991. The van der Waals surface area contributed by atoms with Crippen molar-refractivity contribution < 1.29 is 0 Å². The minimum Gasteiger partial charge on any atom is -0.256 e. The molecule has 0 saturated carbocycles. The predicted molar refractivity (Wildman–Crippen MR) is 106 cm³/mol. The van der Waals surface area contributed by atoms with Crippen molar-refractivity contribution in [2.45, 2.75) is 0 Å². The van der Waals surface area contributed by atoms with Gasteiger partial charge in [-0.3, -0.25) is 4.98 Å². The number of hydrogen-bond donors (Lipinski definition) is 0. The van der Waals surface area contributed by atoms with Gasteiger partial charge < -0.3 is 0 Å². The zero-order valence-corrected chi connectivity index (χ0v) is 14.2. The van der Waals surface area contributed by atoms with Crippen molar-refractivity contribution in [2.75, 3.05) is 0 Å². The van der Waals surface area contributed by atoms with E-state index in [-0.39, 0.29) is 0 Å². The number of hydrogen-bond acceptors (Lipinski definition) is 3. The molecular formula is C23H17N3. The highest BCUT2D eigenvalue weighted by Gasteiger charge is 2.01. The Morgan fingerprint density at radius 1 is 0.462 bits per heavy atom. The quantitative estimate of drug-likeness (QED) is 0.376. The first-order valence-corrected chi connectivity index (χ1v) is 8.47. The van der Waals surface area contributed by atoms with Crippen molar-refractivity contribution in [2.24, 2.45) is 10.2 Å². The largest absolute Gasteiger partial charge is 0.256 e. The summed E-state index contributed by atoms with van der Waals surface area (Å²) in [6.07, 6.45) is 1.81. The maximum absolute atomic E-state index is 4.39. The standard InChI is InChI=1S/C23H17N3/c1-2-6-21(7-3-1)25-26-22-15-13-19(14-16-22)18-9-11-20(12-10-18)23-8-4-5-17-24-23/h1-17H. The number of rotatable bonds is 4. The van der Waals surface area contributed by atoms with Gasteiger partial charge in [0.25, 0.3) is 0 Å². The Labute approximate surface area is 152 Å². The molecule has 0 N–H and O–H groups in total. The van der Waals surface area contributed by atoms with Crippen LogP contribution in [0, 0.1) is 0 Å². The number of pyridine rings is 1. The van der Waals surface area contributed by atoms with Gasteiger partial charge in [0.15, 0.2) is 0 Å². The summed E-state index contributed by atoms with van der Waals surface area (Å²) in [5.41, 5.74) is 6.09. The predicted octanol–water partition coefficient (Wildman–Crippen LogP) is 6.83. The maximum Gasteiger partial charge on any atom is 0.0857 e. The zero-order valence-electron chi connectivity index (χ0n) is 14.2. The van der Waals surface area contributed by atoms with E-state index in [2.05, 4.69) is 51.6 Å². The summed E-state index contributed by atoms with van der Waals surface area (Å²) in [4.78, 5) is 4.39. The van der Waals surface area contributed by atoms with Gasteiger partial charge in [-0.1, -0.05) is 60.7 Å². The molecule has 1 heterocycles. The zero-order chi connectivity index (χ0) is 17.6. The number of nitrogens with zero attached hydrogens (tertiary/aromatic N) is 3. The minimum atomic E-state index is 0.836. The van der Waals surface area contributed by atoms with Gasteiger partial charge in [0.05, 0.1) is 17.1 Å². The lowest BCUT2D eigenvalue weighted by Crippen LogP contribution is -1.82. The van der Waals surface area contributed by atoms with Gasteiger partial charge >= 0.3 is 0 Å². The summed E-state index contributed by atoms with van der Waals surface area (Å²) in [5, 5.41) is 8.52. The molecule has 26 heavy (non-hydrogen) atoms. The molecule has 0 aliphatic carbocycles. The van der Waals surface area contributed by atoms with Gasteiger partial charge in [0.2, 0.25) is 0 Å². The Balaban J connectivity index is 1.51. The molecule has 0 spiro atoms. The molecule has 0 bridgehead atoms. The van der Waals surface area contributed by atoms with Gasteiger partial charge in [-0.15, -0.1) is 0 Å². The highest BCUT2D eigenvalue weighted by atomic mass is 15.1. The number of aromatic nitrogens is 1. The van der Waals surface area contributed by atoms with E-state index < -0.39 is 0 Å². The summed E-state index contributed by atoms with van der Waals surface area (Å²) in [6.45, 7) is 0. The van der Waals surface area contributed by atoms with Crippen molar-refractivity contribution in [3.8, 4) is 22.4 Å². The molecule has 0 unspecified atom stereocenters. The first kappa shape index (κ1) is 15.9. The van der Waals surface area contributed by atoms with E-state index in [1.54, 1.807) is 0 Å². The Hall–Kier alpha value is -3.59. The molecule has 4 rings (SSSR count). The van der Waals surface area contributed by atoms with Gasteiger partial charge in [0, 0.05) is 11.8 Å². The first-order valence-electron chi connectivity index (χ1n) is 8.47. The van der Waals surface area contributed by atoms with Gasteiger partial charge in [0.1, 0.15) is 0 Å². The molecule has 0 saturated heterocycles. The van der Waals surface area contributed by atoms with Gasteiger partial charge in [-0.2, -0.15) is 10.2 Å². The molecule has 124 valence electrons. The van der Waals surface area contributed by atoms with Crippen LogP contribution < -0.4 is 0 Å². The smallest absolute Gasteiger partial charge is 0.0857 e. The molecule has 3 nitrogen and oxygen atoms in total. The number of azo groups is 1. The van der Waals surface area contributed by atoms with Crippen molar-refractivity contribution in [1.29, 1.82) is 0 Å². The van der Waals surface area contributed by atoms with Crippen molar-refractivity contribution >= 4 is 11.4 Å². The van der Waals surface area contributed by atoms with Crippen LogP contribution in [0.3, 0.4) is 0 Å². The third-order valence-electron chi connectivity index (χ3n) is 4.08. The van der Waals surface area contributed by atoms with Crippen LogP contribution in [0.1, 0.15) is 0 Å². The lowest BCUT2D eigenvalue weighted by molar-refractivity contribution is 1.23. The minimum absolute atomic E-state index is 0.836. The summed E-state index contributed by atoms with van der Waals surface area (Å²) in [7, 11) is 0. The fraction of sp³-hybridized carbons (Fsp3) is 0. The fourth-order valence-corrected chi connectivity index (χ4v) is 2.70. The Morgan fingerprint density at radius 2 is 1.00 bits per heavy atom. The van der Waals surface area contributed by atoms with E-state index in [0.29, 0.717) is 0 Å². The average Bonchev–Trinajstić information content (AvgIpc) is 2.74. The van der Waals surface area contributed by atoms with Crippen LogP contribution in [0.15, 0.2) is 113 Å². The second-order valence-electron chi connectivity index (χ2n) is 5.87. The van der Waals surface area contributed by atoms with Gasteiger partial charge in [-0.25, -0.2) is 0 Å². The summed E-state index contributed by atoms with van der Waals surface area (Å²) in [6, 6.07) is 32.2.